The summed E-state index contributed by atoms with van der Waals surface area (Å²) in [6.07, 6.45) is 0.660. The fraction of sp³-hybridized carbons (Fsp3) is 0.286. The summed E-state index contributed by atoms with van der Waals surface area (Å²) in [5.74, 6) is -0.612. The molecule has 0 bridgehead atoms. The molecular formula is C14H17FN4O2. The molecule has 1 aromatic carbocycles. The highest BCUT2D eigenvalue weighted by Crippen LogP contribution is 2.25. The van der Waals surface area contributed by atoms with Gasteiger partial charge >= 0.3 is 6.09 Å². The van der Waals surface area contributed by atoms with Gasteiger partial charge in [0.15, 0.2) is 0 Å². The maximum absolute atomic E-state index is 13.9. The van der Waals surface area contributed by atoms with Crippen LogP contribution in [-0.2, 0) is 4.74 Å². The molecule has 1 heterocycles. The summed E-state index contributed by atoms with van der Waals surface area (Å²) < 4.78 is 20.1. The van der Waals surface area contributed by atoms with E-state index in [0.717, 1.165) is 4.57 Å². The molecule has 112 valence electrons. The van der Waals surface area contributed by atoms with Crippen LogP contribution in [0.1, 0.15) is 20.8 Å². The third-order valence-corrected chi connectivity index (χ3v) is 2.59. The molecule has 0 aliphatic rings. The zero-order valence-electron chi connectivity index (χ0n) is 12.1. The average Bonchev–Trinajstić information content (AvgIpc) is 2.68. The molecule has 0 amide bonds. The minimum absolute atomic E-state index is 0.0736. The predicted molar refractivity (Wildman–Crippen MR) is 78.1 cm³/mol. The second-order valence-corrected chi connectivity index (χ2v) is 5.57. The van der Waals surface area contributed by atoms with Crippen molar-refractivity contribution in [3.63, 3.8) is 0 Å². The SMILES string of the molecule is CC(C)(C)OC(=O)n1cc(-c2ccc(N)cc2F)nc1N. The first-order valence-electron chi connectivity index (χ1n) is 6.31. The third kappa shape index (κ3) is 3.31. The molecule has 0 spiro atoms. The van der Waals surface area contributed by atoms with Crippen LogP contribution >= 0.6 is 0 Å². The van der Waals surface area contributed by atoms with Crippen molar-refractivity contribution in [2.45, 2.75) is 26.4 Å². The maximum Gasteiger partial charge on any atom is 0.421 e. The third-order valence-electron chi connectivity index (χ3n) is 2.59. The molecule has 1 aromatic heterocycles. The minimum Gasteiger partial charge on any atom is -0.443 e. The molecule has 4 N–H and O–H groups in total. The van der Waals surface area contributed by atoms with Crippen molar-refractivity contribution in [3.05, 3.63) is 30.2 Å². The van der Waals surface area contributed by atoms with Gasteiger partial charge in [-0.25, -0.2) is 18.7 Å². The summed E-state index contributed by atoms with van der Waals surface area (Å²) in [4.78, 5) is 16.0. The van der Waals surface area contributed by atoms with Crippen molar-refractivity contribution in [2.24, 2.45) is 0 Å². The molecule has 0 fully saturated rings. The highest BCUT2D eigenvalue weighted by molar-refractivity contribution is 5.77. The summed E-state index contributed by atoms with van der Waals surface area (Å²) in [5, 5.41) is 0. The van der Waals surface area contributed by atoms with Gasteiger partial charge in [0.1, 0.15) is 11.4 Å². The number of benzene rings is 1. The quantitative estimate of drug-likeness (QED) is 0.788. The number of nitrogen functional groups attached to an aromatic ring is 2. The Hall–Kier alpha value is -2.57. The van der Waals surface area contributed by atoms with Gasteiger partial charge in [0.05, 0.1) is 5.69 Å². The lowest BCUT2D eigenvalue weighted by Crippen LogP contribution is -2.27. The molecule has 0 aliphatic heterocycles. The number of nitrogens with two attached hydrogens (primary N) is 2. The van der Waals surface area contributed by atoms with Gasteiger partial charge in [0, 0.05) is 17.4 Å². The van der Waals surface area contributed by atoms with Gasteiger partial charge in [-0.05, 0) is 39.0 Å². The topological polar surface area (TPSA) is 96.2 Å². The van der Waals surface area contributed by atoms with Gasteiger partial charge in [-0.1, -0.05) is 0 Å². The number of carbonyl (C=O) groups is 1. The number of hydrogen-bond donors (Lipinski definition) is 2. The monoisotopic (exact) mass is 292 g/mol. The van der Waals surface area contributed by atoms with Gasteiger partial charge in [-0.15, -0.1) is 0 Å². The van der Waals surface area contributed by atoms with Crippen LogP contribution in [0.5, 0.6) is 0 Å². The van der Waals surface area contributed by atoms with Gasteiger partial charge in [-0.2, -0.15) is 0 Å². The Balaban J connectivity index is 2.37. The molecular weight excluding hydrogens is 275 g/mol. The van der Waals surface area contributed by atoms with E-state index in [1.165, 1.54) is 18.3 Å². The Morgan fingerprint density at radius 2 is 2.00 bits per heavy atom. The van der Waals surface area contributed by atoms with Gasteiger partial charge in [0.25, 0.3) is 0 Å². The molecule has 0 radical (unpaired) electrons. The Bertz CT molecular complexity index is 689. The molecule has 0 saturated carbocycles. The van der Waals surface area contributed by atoms with E-state index in [-0.39, 0.29) is 17.2 Å². The van der Waals surface area contributed by atoms with Crippen LogP contribution in [0.25, 0.3) is 11.3 Å². The summed E-state index contributed by atoms with van der Waals surface area (Å²) in [5.41, 5.74) is 11.3. The average molecular weight is 292 g/mol. The maximum atomic E-state index is 13.9. The second-order valence-electron chi connectivity index (χ2n) is 5.57. The zero-order chi connectivity index (χ0) is 15.8. The van der Waals surface area contributed by atoms with E-state index in [9.17, 15) is 9.18 Å². The lowest BCUT2D eigenvalue weighted by atomic mass is 10.1. The predicted octanol–water partition coefficient (Wildman–Crippen LogP) is 2.64. The number of imidazole rings is 1. The number of nitrogens with zero attached hydrogens (tertiary/aromatic N) is 2. The van der Waals surface area contributed by atoms with Crippen LogP contribution in [0.4, 0.5) is 20.8 Å². The first-order valence-corrected chi connectivity index (χ1v) is 6.31. The lowest BCUT2D eigenvalue weighted by molar-refractivity contribution is 0.0540. The summed E-state index contributed by atoms with van der Waals surface area (Å²) in [7, 11) is 0. The zero-order valence-corrected chi connectivity index (χ0v) is 12.1. The number of rotatable bonds is 1. The summed E-state index contributed by atoms with van der Waals surface area (Å²) in [6, 6.07) is 4.20. The van der Waals surface area contributed by atoms with Crippen molar-refractivity contribution in [1.29, 1.82) is 0 Å². The Kier molecular flexibility index (Phi) is 3.59. The second kappa shape index (κ2) is 5.08. The molecule has 2 aromatic rings. The van der Waals surface area contributed by atoms with E-state index >= 15 is 0 Å². The van der Waals surface area contributed by atoms with Crippen molar-refractivity contribution < 1.29 is 13.9 Å². The number of halogens is 1. The number of anilines is 2. The van der Waals surface area contributed by atoms with Crippen LogP contribution in [-0.4, -0.2) is 21.2 Å². The molecule has 21 heavy (non-hydrogen) atoms. The van der Waals surface area contributed by atoms with Crippen molar-refractivity contribution >= 4 is 17.7 Å². The molecule has 0 unspecified atom stereocenters. The van der Waals surface area contributed by atoms with Crippen molar-refractivity contribution in [2.75, 3.05) is 11.5 Å². The number of hydrogen-bond acceptors (Lipinski definition) is 5. The van der Waals surface area contributed by atoms with E-state index in [1.807, 2.05) is 0 Å². The molecule has 7 heteroatoms. The first-order chi connectivity index (χ1) is 9.67. The standard InChI is InChI=1S/C14H17FN4O2/c1-14(2,3)21-13(20)19-7-11(18-12(19)17)9-5-4-8(16)6-10(9)15/h4-7H,16H2,1-3H3,(H2,17,18). The van der Waals surface area contributed by atoms with E-state index in [4.69, 9.17) is 16.2 Å². The van der Waals surface area contributed by atoms with Crippen LogP contribution in [0.2, 0.25) is 0 Å². The largest absolute Gasteiger partial charge is 0.443 e. The Morgan fingerprint density at radius 3 is 2.57 bits per heavy atom. The smallest absolute Gasteiger partial charge is 0.421 e. The van der Waals surface area contributed by atoms with Crippen molar-refractivity contribution in [1.82, 2.24) is 9.55 Å². The van der Waals surface area contributed by atoms with E-state index < -0.39 is 17.5 Å². The summed E-state index contributed by atoms with van der Waals surface area (Å²) >= 11 is 0. The van der Waals surface area contributed by atoms with Gasteiger partial charge in [0.2, 0.25) is 5.95 Å². The number of aromatic nitrogens is 2. The Labute approximate surface area is 121 Å². The highest BCUT2D eigenvalue weighted by atomic mass is 19.1. The van der Waals surface area contributed by atoms with Crippen LogP contribution in [0.3, 0.4) is 0 Å². The van der Waals surface area contributed by atoms with E-state index in [0.29, 0.717) is 5.69 Å². The number of ether oxygens (including phenoxy) is 1. The molecule has 0 atom stereocenters. The Morgan fingerprint density at radius 1 is 1.33 bits per heavy atom. The minimum atomic E-state index is -0.672. The van der Waals surface area contributed by atoms with Crippen LogP contribution < -0.4 is 11.5 Å². The van der Waals surface area contributed by atoms with E-state index in [1.54, 1.807) is 26.8 Å². The van der Waals surface area contributed by atoms with Crippen molar-refractivity contribution in [3.8, 4) is 11.3 Å². The summed E-state index contributed by atoms with van der Waals surface area (Å²) in [6.45, 7) is 5.20. The van der Waals surface area contributed by atoms with Crippen LogP contribution in [0, 0.1) is 5.82 Å². The number of carbonyl (C=O) groups excluding carboxylic acids is 1. The molecule has 2 rings (SSSR count). The first kappa shape index (κ1) is 14.8. The molecule has 0 saturated heterocycles. The molecule has 0 aliphatic carbocycles. The van der Waals surface area contributed by atoms with Crippen LogP contribution in [0.15, 0.2) is 24.4 Å². The normalized spacial score (nSPS) is 11.4. The van der Waals surface area contributed by atoms with Gasteiger partial charge in [-0.3, -0.25) is 0 Å². The fourth-order valence-corrected chi connectivity index (χ4v) is 1.72. The van der Waals surface area contributed by atoms with Gasteiger partial charge < -0.3 is 16.2 Å². The lowest BCUT2D eigenvalue weighted by Gasteiger charge is -2.19. The fourth-order valence-electron chi connectivity index (χ4n) is 1.72. The highest BCUT2D eigenvalue weighted by Gasteiger charge is 2.21. The van der Waals surface area contributed by atoms with E-state index in [2.05, 4.69) is 4.98 Å². The molecule has 6 nitrogen and oxygen atoms in total.